The zero-order valence-electron chi connectivity index (χ0n) is 14.1. The molecule has 2 aromatic carbocycles. The average molecular weight is 349 g/mol. The van der Waals surface area contributed by atoms with Gasteiger partial charge in [0.2, 0.25) is 0 Å². The normalized spacial score (nSPS) is 11.5. The molecule has 7 heteroatoms. The summed E-state index contributed by atoms with van der Waals surface area (Å²) in [7, 11) is 0. The van der Waals surface area contributed by atoms with Crippen LogP contribution in [0.1, 0.15) is 18.1 Å². The minimum atomic E-state index is -2.95. The van der Waals surface area contributed by atoms with Crippen molar-refractivity contribution in [2.45, 2.75) is 27.0 Å². The Bertz CT molecular complexity index is 719. The van der Waals surface area contributed by atoms with Crippen LogP contribution in [-0.2, 0) is 6.54 Å². The molecular weight excluding hydrogens is 328 g/mol. The number of aryl methyl sites for hydroxylation is 1. The predicted molar refractivity (Wildman–Crippen MR) is 94.4 cm³/mol. The van der Waals surface area contributed by atoms with Crippen molar-refractivity contribution in [2.75, 3.05) is 11.9 Å². The number of alkyl halides is 2. The highest BCUT2D eigenvalue weighted by molar-refractivity contribution is 5.92. The summed E-state index contributed by atoms with van der Waals surface area (Å²) in [6.07, 6.45) is 0. The SMILES string of the molecule is CCOc1cccc(CN=C(N)Nc2ccc(C)cc2)c1OC(F)F. The molecule has 0 unspecified atom stereocenters. The van der Waals surface area contributed by atoms with Gasteiger partial charge in [0.15, 0.2) is 17.5 Å². The van der Waals surface area contributed by atoms with E-state index in [2.05, 4.69) is 15.0 Å². The molecule has 0 radical (unpaired) electrons. The van der Waals surface area contributed by atoms with Crippen LogP contribution in [0, 0.1) is 6.92 Å². The molecule has 0 aliphatic carbocycles. The van der Waals surface area contributed by atoms with E-state index < -0.39 is 6.61 Å². The Morgan fingerprint density at radius 2 is 1.92 bits per heavy atom. The molecule has 134 valence electrons. The number of benzene rings is 2. The molecule has 2 rings (SSSR count). The Kier molecular flexibility index (Phi) is 6.56. The number of nitrogens with one attached hydrogen (secondary N) is 1. The number of anilines is 1. The summed E-state index contributed by atoms with van der Waals surface area (Å²) in [5.74, 6) is 0.403. The monoisotopic (exact) mass is 349 g/mol. The highest BCUT2D eigenvalue weighted by atomic mass is 19.3. The van der Waals surface area contributed by atoms with Gasteiger partial charge in [0, 0.05) is 11.3 Å². The highest BCUT2D eigenvalue weighted by Gasteiger charge is 2.15. The third-order valence-corrected chi connectivity index (χ3v) is 3.31. The van der Waals surface area contributed by atoms with Gasteiger partial charge < -0.3 is 20.5 Å². The molecule has 25 heavy (non-hydrogen) atoms. The van der Waals surface area contributed by atoms with E-state index in [1.807, 2.05) is 31.2 Å². The summed E-state index contributed by atoms with van der Waals surface area (Å²) in [6, 6.07) is 12.5. The molecule has 3 N–H and O–H groups in total. The Labute approximate surface area is 145 Å². The molecule has 0 heterocycles. The zero-order chi connectivity index (χ0) is 18.2. The van der Waals surface area contributed by atoms with Crippen molar-refractivity contribution in [3.8, 4) is 11.5 Å². The number of hydrogen-bond donors (Lipinski definition) is 2. The van der Waals surface area contributed by atoms with Crippen molar-refractivity contribution in [2.24, 2.45) is 10.7 Å². The standard InChI is InChI=1S/C18H21F2N3O2/c1-3-24-15-6-4-5-13(16(15)25-17(19)20)11-22-18(21)23-14-9-7-12(2)8-10-14/h4-10,17H,3,11H2,1-2H3,(H3,21,22,23). The minimum absolute atomic E-state index is 0.0220. The lowest BCUT2D eigenvalue weighted by molar-refractivity contribution is -0.0520. The lowest BCUT2D eigenvalue weighted by Crippen LogP contribution is -2.22. The van der Waals surface area contributed by atoms with Gasteiger partial charge in [-0.25, -0.2) is 4.99 Å². The average Bonchev–Trinajstić information content (AvgIpc) is 2.57. The maximum atomic E-state index is 12.7. The summed E-state index contributed by atoms with van der Waals surface area (Å²) >= 11 is 0. The lowest BCUT2D eigenvalue weighted by atomic mass is 10.2. The molecule has 0 aliphatic heterocycles. The van der Waals surface area contributed by atoms with Crippen LogP contribution in [0.25, 0.3) is 0 Å². The second-order valence-electron chi connectivity index (χ2n) is 5.25. The topological polar surface area (TPSA) is 68.9 Å². The van der Waals surface area contributed by atoms with Gasteiger partial charge in [-0.3, -0.25) is 0 Å². The number of aliphatic imine (C=N–C) groups is 1. The molecule has 5 nitrogen and oxygen atoms in total. The van der Waals surface area contributed by atoms with Crippen molar-refractivity contribution in [3.05, 3.63) is 53.6 Å². The number of nitrogens with zero attached hydrogens (tertiary/aromatic N) is 1. The number of para-hydroxylation sites is 1. The van der Waals surface area contributed by atoms with Gasteiger partial charge in [-0.1, -0.05) is 29.8 Å². The first-order valence-electron chi connectivity index (χ1n) is 7.82. The van der Waals surface area contributed by atoms with Gasteiger partial charge in [-0.15, -0.1) is 0 Å². The zero-order valence-corrected chi connectivity index (χ0v) is 14.1. The van der Waals surface area contributed by atoms with Crippen LogP contribution in [0.5, 0.6) is 11.5 Å². The molecule has 0 aliphatic rings. The smallest absolute Gasteiger partial charge is 0.387 e. The van der Waals surface area contributed by atoms with Gasteiger partial charge in [0.1, 0.15) is 0 Å². The van der Waals surface area contributed by atoms with Gasteiger partial charge >= 0.3 is 6.61 Å². The summed E-state index contributed by atoms with van der Waals surface area (Å²) < 4.78 is 35.3. The fraction of sp³-hybridized carbons (Fsp3) is 0.278. The second kappa shape index (κ2) is 8.86. The van der Waals surface area contributed by atoms with Crippen LogP contribution in [0.15, 0.2) is 47.5 Å². The maximum Gasteiger partial charge on any atom is 0.387 e. The number of halogens is 2. The van der Waals surface area contributed by atoms with Crippen molar-refractivity contribution < 1.29 is 18.3 Å². The number of guanidine groups is 1. The van der Waals surface area contributed by atoms with E-state index in [9.17, 15) is 8.78 Å². The van der Waals surface area contributed by atoms with E-state index in [0.29, 0.717) is 12.2 Å². The van der Waals surface area contributed by atoms with Crippen molar-refractivity contribution >= 4 is 11.6 Å². The van der Waals surface area contributed by atoms with Crippen LogP contribution in [0.3, 0.4) is 0 Å². The van der Waals surface area contributed by atoms with Crippen LogP contribution in [-0.4, -0.2) is 19.2 Å². The Balaban J connectivity index is 2.14. The summed E-state index contributed by atoms with van der Waals surface area (Å²) in [5.41, 5.74) is 8.23. The second-order valence-corrected chi connectivity index (χ2v) is 5.25. The Morgan fingerprint density at radius 3 is 2.56 bits per heavy atom. The van der Waals surface area contributed by atoms with Crippen molar-refractivity contribution in [3.63, 3.8) is 0 Å². The molecular formula is C18H21F2N3O2. The molecule has 0 spiro atoms. The first-order valence-corrected chi connectivity index (χ1v) is 7.82. The summed E-state index contributed by atoms with van der Waals surface area (Å²) in [5, 5.41) is 2.95. The lowest BCUT2D eigenvalue weighted by Gasteiger charge is -2.14. The highest BCUT2D eigenvalue weighted by Crippen LogP contribution is 2.33. The summed E-state index contributed by atoms with van der Waals surface area (Å²) in [6.45, 7) is 1.21. The van der Waals surface area contributed by atoms with E-state index in [1.165, 1.54) is 0 Å². The van der Waals surface area contributed by atoms with E-state index in [0.717, 1.165) is 11.3 Å². The van der Waals surface area contributed by atoms with E-state index in [4.69, 9.17) is 10.5 Å². The largest absolute Gasteiger partial charge is 0.490 e. The first kappa shape index (κ1) is 18.5. The molecule has 0 saturated heterocycles. The van der Waals surface area contributed by atoms with Crippen LogP contribution < -0.4 is 20.5 Å². The third kappa shape index (κ3) is 5.63. The third-order valence-electron chi connectivity index (χ3n) is 3.31. The van der Waals surface area contributed by atoms with E-state index >= 15 is 0 Å². The minimum Gasteiger partial charge on any atom is -0.490 e. The number of hydrogen-bond acceptors (Lipinski definition) is 3. The van der Waals surface area contributed by atoms with Crippen molar-refractivity contribution in [1.82, 2.24) is 0 Å². The number of rotatable bonds is 7. The van der Waals surface area contributed by atoms with E-state index in [-0.39, 0.29) is 24.0 Å². The Morgan fingerprint density at radius 1 is 1.20 bits per heavy atom. The van der Waals surface area contributed by atoms with Gasteiger partial charge in [-0.05, 0) is 32.0 Å². The summed E-state index contributed by atoms with van der Waals surface area (Å²) in [4.78, 5) is 4.18. The van der Waals surface area contributed by atoms with Crippen LogP contribution in [0.4, 0.5) is 14.5 Å². The molecule has 0 fully saturated rings. The van der Waals surface area contributed by atoms with Gasteiger partial charge in [-0.2, -0.15) is 8.78 Å². The molecule has 0 amide bonds. The first-order chi connectivity index (χ1) is 12.0. The van der Waals surface area contributed by atoms with Crippen LogP contribution in [0.2, 0.25) is 0 Å². The Hall–Kier alpha value is -2.83. The quantitative estimate of drug-likeness (QED) is 0.587. The molecule has 0 aromatic heterocycles. The number of ether oxygens (including phenoxy) is 2. The predicted octanol–water partition coefficient (Wildman–Crippen LogP) is 3.92. The van der Waals surface area contributed by atoms with Crippen molar-refractivity contribution in [1.29, 1.82) is 0 Å². The molecule has 0 saturated carbocycles. The molecule has 0 bridgehead atoms. The van der Waals surface area contributed by atoms with Gasteiger partial charge in [0.25, 0.3) is 0 Å². The molecule has 2 aromatic rings. The fourth-order valence-electron chi connectivity index (χ4n) is 2.17. The van der Waals surface area contributed by atoms with Crippen LogP contribution >= 0.6 is 0 Å². The van der Waals surface area contributed by atoms with E-state index in [1.54, 1.807) is 25.1 Å². The molecule has 0 atom stereocenters. The fourth-order valence-corrected chi connectivity index (χ4v) is 2.17. The van der Waals surface area contributed by atoms with Gasteiger partial charge in [0.05, 0.1) is 13.2 Å². The maximum absolute atomic E-state index is 12.7. The number of nitrogens with two attached hydrogens (primary N) is 1.